The molecule has 0 aliphatic carbocycles. The summed E-state index contributed by atoms with van der Waals surface area (Å²) in [5.74, 6) is -0.122. The topological polar surface area (TPSA) is 46.4 Å². The van der Waals surface area contributed by atoms with E-state index in [9.17, 15) is 4.79 Å². The summed E-state index contributed by atoms with van der Waals surface area (Å²) in [6.45, 7) is 0. The minimum absolute atomic E-state index is 0.122. The number of thiophene rings is 1. The molecule has 0 radical (unpaired) electrons. The highest BCUT2D eigenvalue weighted by Crippen LogP contribution is 2.20. The first-order chi connectivity index (χ1) is 8.65. The maximum atomic E-state index is 11.6. The Morgan fingerprint density at radius 3 is 3.00 bits per heavy atom. The average molecular weight is 326 g/mol. The lowest BCUT2D eigenvalue weighted by molar-refractivity contribution is -0.120. The standard InChI is InChI=1S/C12H12BrN3OS/c1-16-6-2-3-9(16)7-12(17)15-14-8-10-4-5-11(13)18-10/h2-6,8H,7H2,1H3,(H,15,17). The third-order valence-electron chi connectivity index (χ3n) is 2.37. The van der Waals surface area contributed by atoms with Gasteiger partial charge in [0.15, 0.2) is 0 Å². The SMILES string of the molecule is Cn1cccc1CC(=O)NN=Cc1ccc(Br)s1. The van der Waals surface area contributed by atoms with Gasteiger partial charge in [0.25, 0.3) is 0 Å². The van der Waals surface area contributed by atoms with Crippen LogP contribution in [-0.4, -0.2) is 16.7 Å². The lowest BCUT2D eigenvalue weighted by atomic mass is 10.3. The van der Waals surface area contributed by atoms with Crippen molar-refractivity contribution < 1.29 is 4.79 Å². The molecule has 2 aromatic heterocycles. The Morgan fingerprint density at radius 1 is 1.56 bits per heavy atom. The van der Waals surface area contributed by atoms with Gasteiger partial charge in [-0.05, 0) is 40.2 Å². The quantitative estimate of drug-likeness (QED) is 0.681. The van der Waals surface area contributed by atoms with Gasteiger partial charge in [0.2, 0.25) is 5.91 Å². The fraction of sp³-hybridized carbons (Fsp3) is 0.167. The van der Waals surface area contributed by atoms with Crippen molar-refractivity contribution in [3.05, 3.63) is 44.8 Å². The van der Waals surface area contributed by atoms with Gasteiger partial charge in [-0.1, -0.05) is 0 Å². The Kier molecular flexibility index (Phi) is 4.33. The Bertz CT molecular complexity index is 573. The second-order valence-corrected chi connectivity index (χ2v) is 6.22. The van der Waals surface area contributed by atoms with Crippen LogP contribution in [0.2, 0.25) is 0 Å². The van der Waals surface area contributed by atoms with Gasteiger partial charge in [0.1, 0.15) is 0 Å². The number of aromatic nitrogens is 1. The van der Waals surface area contributed by atoms with Gasteiger partial charge >= 0.3 is 0 Å². The van der Waals surface area contributed by atoms with E-state index >= 15 is 0 Å². The summed E-state index contributed by atoms with van der Waals surface area (Å²) in [6.07, 6.45) is 3.88. The highest BCUT2D eigenvalue weighted by atomic mass is 79.9. The van der Waals surface area contributed by atoms with E-state index in [0.29, 0.717) is 6.42 Å². The number of carbonyl (C=O) groups excluding carboxylic acids is 1. The molecule has 94 valence electrons. The van der Waals surface area contributed by atoms with Crippen molar-refractivity contribution in [2.75, 3.05) is 0 Å². The summed E-state index contributed by atoms with van der Waals surface area (Å²) in [5.41, 5.74) is 3.47. The molecule has 0 atom stereocenters. The summed E-state index contributed by atoms with van der Waals surface area (Å²) in [7, 11) is 1.91. The smallest absolute Gasteiger partial charge is 0.245 e. The second kappa shape index (κ2) is 5.97. The maximum Gasteiger partial charge on any atom is 0.245 e. The van der Waals surface area contributed by atoms with Crippen molar-refractivity contribution >= 4 is 39.4 Å². The fourth-order valence-corrected chi connectivity index (χ4v) is 2.75. The van der Waals surface area contributed by atoms with Crippen LogP contribution in [-0.2, 0) is 18.3 Å². The van der Waals surface area contributed by atoms with Crippen LogP contribution in [0.1, 0.15) is 10.6 Å². The zero-order valence-corrected chi connectivity index (χ0v) is 12.2. The Balaban J connectivity index is 1.85. The predicted molar refractivity (Wildman–Crippen MR) is 76.9 cm³/mol. The highest BCUT2D eigenvalue weighted by molar-refractivity contribution is 9.11. The van der Waals surface area contributed by atoms with Gasteiger partial charge in [-0.15, -0.1) is 11.3 Å². The number of rotatable bonds is 4. The van der Waals surface area contributed by atoms with E-state index in [1.165, 1.54) is 0 Å². The van der Waals surface area contributed by atoms with E-state index in [0.717, 1.165) is 14.4 Å². The zero-order chi connectivity index (χ0) is 13.0. The number of hydrogen-bond acceptors (Lipinski definition) is 3. The van der Waals surface area contributed by atoms with E-state index < -0.39 is 0 Å². The molecule has 0 aromatic carbocycles. The molecule has 0 spiro atoms. The monoisotopic (exact) mass is 325 g/mol. The van der Waals surface area contributed by atoms with Crippen LogP contribution in [0, 0.1) is 0 Å². The number of hydrogen-bond donors (Lipinski definition) is 1. The molecule has 1 N–H and O–H groups in total. The normalized spacial score (nSPS) is 11.0. The third-order valence-corrected chi connectivity index (χ3v) is 3.93. The molecule has 0 aliphatic heterocycles. The zero-order valence-electron chi connectivity index (χ0n) is 9.76. The van der Waals surface area contributed by atoms with Gasteiger partial charge < -0.3 is 4.57 Å². The maximum absolute atomic E-state index is 11.6. The number of carbonyl (C=O) groups is 1. The third kappa shape index (κ3) is 3.54. The van der Waals surface area contributed by atoms with Crippen LogP contribution >= 0.6 is 27.3 Å². The minimum atomic E-state index is -0.122. The van der Waals surface area contributed by atoms with E-state index in [1.807, 2.05) is 42.1 Å². The van der Waals surface area contributed by atoms with Crippen LogP contribution < -0.4 is 5.43 Å². The molecule has 0 bridgehead atoms. The van der Waals surface area contributed by atoms with Crippen molar-refractivity contribution in [3.63, 3.8) is 0 Å². The van der Waals surface area contributed by atoms with Crippen molar-refractivity contribution in [2.45, 2.75) is 6.42 Å². The number of hydrazone groups is 1. The first kappa shape index (κ1) is 13.0. The van der Waals surface area contributed by atoms with E-state index in [-0.39, 0.29) is 5.91 Å². The number of amides is 1. The van der Waals surface area contributed by atoms with Crippen LogP contribution in [0.15, 0.2) is 39.4 Å². The Labute approximate surface area is 117 Å². The summed E-state index contributed by atoms with van der Waals surface area (Å²) in [5, 5.41) is 3.92. The van der Waals surface area contributed by atoms with Crippen LogP contribution in [0.3, 0.4) is 0 Å². The molecule has 0 saturated carbocycles. The molecule has 2 heterocycles. The van der Waals surface area contributed by atoms with Crippen molar-refractivity contribution in [3.8, 4) is 0 Å². The minimum Gasteiger partial charge on any atom is -0.354 e. The van der Waals surface area contributed by atoms with E-state index in [1.54, 1.807) is 17.6 Å². The highest BCUT2D eigenvalue weighted by Gasteiger charge is 2.04. The molecule has 0 unspecified atom stereocenters. The summed E-state index contributed by atoms with van der Waals surface area (Å²) < 4.78 is 2.96. The number of halogens is 1. The van der Waals surface area contributed by atoms with Gasteiger partial charge in [-0.3, -0.25) is 4.79 Å². The van der Waals surface area contributed by atoms with Crippen LogP contribution in [0.4, 0.5) is 0 Å². The van der Waals surface area contributed by atoms with Gasteiger partial charge in [-0.2, -0.15) is 5.10 Å². The molecule has 2 aromatic rings. The molecular formula is C12H12BrN3OS. The lowest BCUT2D eigenvalue weighted by Crippen LogP contribution is -2.20. The first-order valence-electron chi connectivity index (χ1n) is 5.32. The number of nitrogens with one attached hydrogen (secondary N) is 1. The second-order valence-electron chi connectivity index (χ2n) is 3.72. The summed E-state index contributed by atoms with van der Waals surface area (Å²) >= 11 is 4.93. The van der Waals surface area contributed by atoms with Crippen molar-refractivity contribution in [2.24, 2.45) is 12.1 Å². The molecule has 2 rings (SSSR count). The van der Waals surface area contributed by atoms with Crippen molar-refractivity contribution in [1.29, 1.82) is 0 Å². The summed E-state index contributed by atoms with van der Waals surface area (Å²) in [6, 6.07) is 7.70. The Hall–Kier alpha value is -1.40. The summed E-state index contributed by atoms with van der Waals surface area (Å²) in [4.78, 5) is 12.6. The van der Waals surface area contributed by atoms with Gasteiger partial charge in [-0.25, -0.2) is 5.43 Å². The largest absolute Gasteiger partial charge is 0.354 e. The van der Waals surface area contributed by atoms with Crippen LogP contribution in [0.5, 0.6) is 0 Å². The average Bonchev–Trinajstić information content (AvgIpc) is 2.89. The van der Waals surface area contributed by atoms with Crippen LogP contribution in [0.25, 0.3) is 0 Å². The van der Waals surface area contributed by atoms with E-state index in [4.69, 9.17) is 0 Å². The number of aryl methyl sites for hydroxylation is 1. The fourth-order valence-electron chi connectivity index (χ4n) is 1.45. The molecule has 1 amide bonds. The molecule has 6 heteroatoms. The first-order valence-corrected chi connectivity index (χ1v) is 6.93. The molecule has 0 saturated heterocycles. The molecule has 0 aliphatic rings. The lowest BCUT2D eigenvalue weighted by Gasteiger charge is -2.01. The van der Waals surface area contributed by atoms with E-state index in [2.05, 4.69) is 26.5 Å². The molecule has 4 nitrogen and oxygen atoms in total. The Morgan fingerprint density at radius 2 is 2.39 bits per heavy atom. The molecule has 18 heavy (non-hydrogen) atoms. The number of nitrogens with zero attached hydrogens (tertiary/aromatic N) is 2. The van der Waals surface area contributed by atoms with Gasteiger partial charge in [0.05, 0.1) is 16.4 Å². The van der Waals surface area contributed by atoms with Crippen molar-refractivity contribution in [1.82, 2.24) is 9.99 Å². The molecule has 0 fully saturated rings. The molecular weight excluding hydrogens is 314 g/mol. The predicted octanol–water partition coefficient (Wildman–Crippen LogP) is 2.54. The van der Waals surface area contributed by atoms with Gasteiger partial charge in [0, 0.05) is 23.8 Å².